The largest absolute Gasteiger partial charge is 0.298 e. The van der Waals surface area contributed by atoms with E-state index in [9.17, 15) is 9.18 Å². The summed E-state index contributed by atoms with van der Waals surface area (Å²) in [5.41, 5.74) is 1.92. The second-order valence-electron chi connectivity index (χ2n) is 3.09. The number of hydrogen-bond acceptors (Lipinski definition) is 2. The van der Waals surface area contributed by atoms with Crippen molar-refractivity contribution in [3.8, 4) is 11.1 Å². The number of rotatable bonds is 2. The van der Waals surface area contributed by atoms with Crippen LogP contribution in [0, 0.1) is 5.82 Å². The average Bonchev–Trinajstić information content (AvgIpc) is 2.30. The van der Waals surface area contributed by atoms with Gasteiger partial charge in [-0.15, -0.1) is 0 Å². The zero-order chi connectivity index (χ0) is 10.7. The van der Waals surface area contributed by atoms with Gasteiger partial charge in [0.2, 0.25) is 0 Å². The second kappa shape index (κ2) is 4.00. The summed E-state index contributed by atoms with van der Waals surface area (Å²) in [4.78, 5) is 14.7. The van der Waals surface area contributed by atoms with Crippen molar-refractivity contribution in [2.75, 3.05) is 0 Å². The quantitative estimate of drug-likeness (QED) is 0.699. The van der Waals surface area contributed by atoms with Gasteiger partial charge in [0.25, 0.3) is 0 Å². The maximum atomic E-state index is 12.9. The van der Waals surface area contributed by atoms with Gasteiger partial charge in [-0.25, -0.2) is 4.39 Å². The van der Waals surface area contributed by atoms with E-state index in [0.717, 1.165) is 5.56 Å². The van der Waals surface area contributed by atoms with Gasteiger partial charge in [-0.2, -0.15) is 0 Å². The molecule has 0 N–H and O–H groups in total. The van der Waals surface area contributed by atoms with Crippen molar-refractivity contribution in [3.05, 3.63) is 54.1 Å². The Morgan fingerprint density at radius 1 is 1.13 bits per heavy atom. The van der Waals surface area contributed by atoms with Crippen LogP contribution in [0.25, 0.3) is 11.1 Å². The predicted molar refractivity (Wildman–Crippen MR) is 55.0 cm³/mol. The van der Waals surface area contributed by atoms with Crippen LogP contribution in [0.4, 0.5) is 4.39 Å². The van der Waals surface area contributed by atoms with Crippen LogP contribution >= 0.6 is 0 Å². The fourth-order valence-corrected chi connectivity index (χ4v) is 1.43. The van der Waals surface area contributed by atoms with E-state index in [1.807, 2.05) is 0 Å². The number of pyridine rings is 1. The molecule has 0 fully saturated rings. The summed E-state index contributed by atoms with van der Waals surface area (Å²) in [7, 11) is 0. The van der Waals surface area contributed by atoms with E-state index in [2.05, 4.69) is 4.98 Å². The van der Waals surface area contributed by atoms with Crippen LogP contribution in [0.5, 0.6) is 0 Å². The van der Waals surface area contributed by atoms with Crippen LogP contribution in [0.15, 0.2) is 42.7 Å². The van der Waals surface area contributed by atoms with Crippen LogP contribution in [-0.2, 0) is 0 Å². The Balaban J connectivity index is 2.58. The van der Waals surface area contributed by atoms with E-state index in [4.69, 9.17) is 0 Å². The molecule has 1 aromatic heterocycles. The summed E-state index contributed by atoms with van der Waals surface area (Å²) in [6, 6.07) is 7.71. The number of hydrogen-bond donors (Lipinski definition) is 0. The minimum atomic E-state index is -0.407. The fourth-order valence-electron chi connectivity index (χ4n) is 1.43. The molecule has 0 radical (unpaired) electrons. The maximum Gasteiger partial charge on any atom is 0.150 e. The minimum Gasteiger partial charge on any atom is -0.298 e. The molecule has 3 heteroatoms. The summed E-state index contributed by atoms with van der Waals surface area (Å²) in [6.07, 6.45) is 3.92. The number of aromatic nitrogens is 1. The third-order valence-corrected chi connectivity index (χ3v) is 2.13. The lowest BCUT2D eigenvalue weighted by Gasteiger charge is -2.04. The van der Waals surface area contributed by atoms with Crippen LogP contribution in [0.1, 0.15) is 10.4 Å². The number of aldehydes is 1. The highest BCUT2D eigenvalue weighted by atomic mass is 19.1. The van der Waals surface area contributed by atoms with Crippen LogP contribution in [-0.4, -0.2) is 11.3 Å². The van der Waals surface area contributed by atoms with E-state index < -0.39 is 5.82 Å². The van der Waals surface area contributed by atoms with Crippen LogP contribution in [0.3, 0.4) is 0 Å². The second-order valence-corrected chi connectivity index (χ2v) is 3.09. The zero-order valence-electron chi connectivity index (χ0n) is 7.85. The Bertz CT molecular complexity index is 482. The lowest BCUT2D eigenvalue weighted by Crippen LogP contribution is -1.89. The molecule has 0 aliphatic rings. The SMILES string of the molecule is O=Cc1cc(F)ccc1-c1ccncc1. The molecule has 1 heterocycles. The van der Waals surface area contributed by atoms with Gasteiger partial charge in [0.15, 0.2) is 6.29 Å². The molecule has 0 saturated carbocycles. The molecular weight excluding hydrogens is 193 g/mol. The first-order valence-corrected chi connectivity index (χ1v) is 4.46. The van der Waals surface area contributed by atoms with Gasteiger partial charge < -0.3 is 0 Å². The summed E-state index contributed by atoms with van der Waals surface area (Å²) in [5.74, 6) is -0.407. The zero-order valence-corrected chi connectivity index (χ0v) is 7.85. The van der Waals surface area contributed by atoms with E-state index in [1.165, 1.54) is 12.1 Å². The van der Waals surface area contributed by atoms with Gasteiger partial charge in [0, 0.05) is 18.0 Å². The summed E-state index contributed by atoms with van der Waals surface area (Å²) < 4.78 is 12.9. The molecule has 0 aliphatic carbocycles. The van der Waals surface area contributed by atoms with Crippen molar-refractivity contribution >= 4 is 6.29 Å². The van der Waals surface area contributed by atoms with Crippen molar-refractivity contribution in [3.63, 3.8) is 0 Å². The molecular formula is C12H8FNO. The summed E-state index contributed by atoms with van der Waals surface area (Å²) in [5, 5.41) is 0. The first-order chi connectivity index (χ1) is 7.31. The van der Waals surface area contributed by atoms with Gasteiger partial charge in [-0.3, -0.25) is 9.78 Å². The molecule has 2 nitrogen and oxygen atoms in total. The predicted octanol–water partition coefficient (Wildman–Crippen LogP) is 2.70. The molecule has 74 valence electrons. The highest BCUT2D eigenvalue weighted by molar-refractivity contribution is 5.87. The maximum absolute atomic E-state index is 12.9. The lowest BCUT2D eigenvalue weighted by atomic mass is 10.0. The number of carbonyl (C=O) groups is 1. The molecule has 0 atom stereocenters. The lowest BCUT2D eigenvalue weighted by molar-refractivity contribution is 0.112. The Hall–Kier alpha value is -2.03. The Morgan fingerprint density at radius 2 is 1.87 bits per heavy atom. The first kappa shape index (κ1) is 9.52. The van der Waals surface area contributed by atoms with Crippen molar-refractivity contribution in [1.82, 2.24) is 4.98 Å². The number of benzene rings is 1. The van der Waals surface area contributed by atoms with Gasteiger partial charge in [-0.05, 0) is 35.4 Å². The number of carbonyl (C=O) groups excluding carboxylic acids is 1. The van der Waals surface area contributed by atoms with Gasteiger partial charge in [0.1, 0.15) is 5.82 Å². The summed E-state index contributed by atoms with van der Waals surface area (Å²) >= 11 is 0. The van der Waals surface area contributed by atoms with Gasteiger partial charge in [0.05, 0.1) is 0 Å². The van der Waals surface area contributed by atoms with E-state index in [-0.39, 0.29) is 0 Å². The van der Waals surface area contributed by atoms with Gasteiger partial charge >= 0.3 is 0 Å². The minimum absolute atomic E-state index is 0.348. The molecule has 0 bridgehead atoms. The van der Waals surface area contributed by atoms with Crippen molar-refractivity contribution in [2.45, 2.75) is 0 Å². The molecule has 0 amide bonds. The van der Waals surface area contributed by atoms with Crippen molar-refractivity contribution in [2.24, 2.45) is 0 Å². The monoisotopic (exact) mass is 201 g/mol. The van der Waals surface area contributed by atoms with Gasteiger partial charge in [-0.1, -0.05) is 6.07 Å². The fraction of sp³-hybridized carbons (Fsp3) is 0. The van der Waals surface area contributed by atoms with E-state index >= 15 is 0 Å². The molecule has 2 rings (SSSR count). The molecule has 0 aliphatic heterocycles. The Labute approximate surface area is 86.4 Å². The molecule has 0 unspecified atom stereocenters. The van der Waals surface area contributed by atoms with Crippen LogP contribution in [0.2, 0.25) is 0 Å². The third-order valence-electron chi connectivity index (χ3n) is 2.13. The topological polar surface area (TPSA) is 30.0 Å². The molecule has 1 aromatic carbocycles. The standard InChI is InChI=1S/C12H8FNO/c13-11-1-2-12(10(7-11)8-15)9-3-5-14-6-4-9/h1-8H. The Kier molecular flexibility index (Phi) is 2.54. The van der Waals surface area contributed by atoms with Crippen LogP contribution < -0.4 is 0 Å². The average molecular weight is 201 g/mol. The highest BCUT2D eigenvalue weighted by Crippen LogP contribution is 2.22. The molecule has 2 aromatic rings. The Morgan fingerprint density at radius 3 is 2.53 bits per heavy atom. The van der Waals surface area contributed by atoms with E-state index in [0.29, 0.717) is 17.4 Å². The normalized spacial score (nSPS) is 9.93. The first-order valence-electron chi connectivity index (χ1n) is 4.46. The van der Waals surface area contributed by atoms with E-state index in [1.54, 1.807) is 30.6 Å². The molecule has 0 spiro atoms. The smallest absolute Gasteiger partial charge is 0.150 e. The van der Waals surface area contributed by atoms with Crippen molar-refractivity contribution < 1.29 is 9.18 Å². The van der Waals surface area contributed by atoms with Crippen molar-refractivity contribution in [1.29, 1.82) is 0 Å². The molecule has 15 heavy (non-hydrogen) atoms. The third kappa shape index (κ3) is 1.91. The number of halogens is 1. The number of nitrogens with zero attached hydrogens (tertiary/aromatic N) is 1. The highest BCUT2D eigenvalue weighted by Gasteiger charge is 2.04. The molecule has 0 saturated heterocycles. The summed E-state index contributed by atoms with van der Waals surface area (Å²) in [6.45, 7) is 0.